The summed E-state index contributed by atoms with van der Waals surface area (Å²) in [6, 6.07) is 12.5. The third-order valence-electron chi connectivity index (χ3n) is 4.46. The Morgan fingerprint density at radius 2 is 2.11 bits per heavy atom. The normalized spacial score (nSPS) is 14.2. The van der Waals surface area contributed by atoms with Crippen LogP contribution in [0.1, 0.15) is 12.7 Å². The molecule has 8 heteroatoms. The van der Waals surface area contributed by atoms with Gasteiger partial charge in [0.2, 0.25) is 0 Å². The lowest BCUT2D eigenvalue weighted by Gasteiger charge is -2.21. The van der Waals surface area contributed by atoms with Crippen LogP contribution in [0.4, 0.5) is 5.69 Å². The monoisotopic (exact) mass is 440 g/mol. The molecule has 0 amide bonds. The quantitative estimate of drug-likeness (QED) is 0.571. The molecule has 142 valence electrons. The van der Waals surface area contributed by atoms with E-state index in [1.54, 1.807) is 23.1 Å². The van der Waals surface area contributed by atoms with Gasteiger partial charge in [0.25, 0.3) is 5.56 Å². The van der Waals surface area contributed by atoms with Gasteiger partial charge in [-0.15, -0.1) is 0 Å². The fraction of sp³-hybridized carbons (Fsp3) is 0.150. The van der Waals surface area contributed by atoms with Crippen molar-refractivity contribution in [2.24, 2.45) is 0 Å². The van der Waals surface area contributed by atoms with E-state index < -0.39 is 0 Å². The number of nitrogens with one attached hydrogen (secondary N) is 2. The molecule has 0 atom stereocenters. The molecular formula is C20H17BrN4O3. The zero-order valence-corrected chi connectivity index (χ0v) is 16.6. The van der Waals surface area contributed by atoms with Gasteiger partial charge in [-0.25, -0.2) is 4.98 Å². The Labute approximate surface area is 168 Å². The van der Waals surface area contributed by atoms with Crippen molar-refractivity contribution in [2.75, 3.05) is 18.1 Å². The fourth-order valence-corrected chi connectivity index (χ4v) is 3.58. The molecule has 1 aliphatic heterocycles. The standard InChI is InChI=1S/C20H17BrN4O3/c1-2-28-16-6-4-3-5-14(16)25-10-15(26)17(18(25)22)19-23-13-8-7-11(21)9-12(13)20(27)24-19/h3-9,22,26H,2,10H2,1H3,(H,23,24,27). The molecule has 2 heterocycles. The molecule has 0 saturated heterocycles. The van der Waals surface area contributed by atoms with Gasteiger partial charge in [0.1, 0.15) is 23.2 Å². The number of aliphatic hydroxyl groups is 1. The summed E-state index contributed by atoms with van der Waals surface area (Å²) in [5, 5.41) is 19.6. The van der Waals surface area contributed by atoms with Gasteiger partial charge in [-0.3, -0.25) is 10.2 Å². The highest BCUT2D eigenvalue weighted by Crippen LogP contribution is 2.35. The van der Waals surface area contributed by atoms with Gasteiger partial charge >= 0.3 is 0 Å². The van der Waals surface area contributed by atoms with Crippen LogP contribution in [0.5, 0.6) is 5.75 Å². The maximum atomic E-state index is 12.5. The van der Waals surface area contributed by atoms with E-state index >= 15 is 0 Å². The van der Waals surface area contributed by atoms with Crippen molar-refractivity contribution in [3.63, 3.8) is 0 Å². The second-order valence-electron chi connectivity index (χ2n) is 6.23. The first kappa shape index (κ1) is 18.2. The Balaban J connectivity index is 1.77. The molecule has 3 N–H and O–H groups in total. The van der Waals surface area contributed by atoms with E-state index in [1.807, 2.05) is 31.2 Å². The molecule has 0 fully saturated rings. The molecule has 0 saturated carbocycles. The Kier molecular flexibility index (Phi) is 4.64. The van der Waals surface area contributed by atoms with Crippen LogP contribution in [0.25, 0.3) is 16.5 Å². The number of hydrogen-bond donors (Lipinski definition) is 3. The number of benzene rings is 2. The van der Waals surface area contributed by atoms with Crippen LogP contribution in [-0.4, -0.2) is 34.1 Å². The fourth-order valence-electron chi connectivity index (χ4n) is 3.22. The minimum atomic E-state index is -0.331. The summed E-state index contributed by atoms with van der Waals surface area (Å²) in [5.74, 6) is 0.799. The molecule has 0 bridgehead atoms. The molecule has 0 spiro atoms. The van der Waals surface area contributed by atoms with Crippen molar-refractivity contribution in [1.29, 1.82) is 5.41 Å². The van der Waals surface area contributed by atoms with Crippen LogP contribution in [-0.2, 0) is 0 Å². The second-order valence-corrected chi connectivity index (χ2v) is 7.15. The summed E-state index contributed by atoms with van der Waals surface area (Å²) in [5.41, 5.74) is 1.03. The van der Waals surface area contributed by atoms with E-state index in [1.165, 1.54) is 0 Å². The summed E-state index contributed by atoms with van der Waals surface area (Å²) in [6.45, 7) is 2.47. The predicted octanol–water partition coefficient (Wildman–Crippen LogP) is 3.85. The summed E-state index contributed by atoms with van der Waals surface area (Å²) >= 11 is 3.34. The zero-order valence-electron chi connectivity index (χ0n) is 15.0. The van der Waals surface area contributed by atoms with Gasteiger partial charge in [-0.05, 0) is 37.3 Å². The molecule has 7 nitrogen and oxygen atoms in total. The smallest absolute Gasteiger partial charge is 0.259 e. The summed E-state index contributed by atoms with van der Waals surface area (Å²) in [4.78, 5) is 21.3. The molecule has 2 aromatic carbocycles. The van der Waals surface area contributed by atoms with Gasteiger partial charge in [0, 0.05) is 4.47 Å². The molecule has 28 heavy (non-hydrogen) atoms. The van der Waals surface area contributed by atoms with E-state index in [2.05, 4.69) is 25.9 Å². The minimum Gasteiger partial charge on any atom is -0.509 e. The largest absolute Gasteiger partial charge is 0.509 e. The summed E-state index contributed by atoms with van der Waals surface area (Å²) in [6.07, 6.45) is 0. The molecule has 4 rings (SSSR count). The van der Waals surface area contributed by atoms with E-state index in [-0.39, 0.29) is 35.1 Å². The number of aromatic amines is 1. The lowest BCUT2D eigenvalue weighted by atomic mass is 10.2. The number of amidine groups is 1. The van der Waals surface area contributed by atoms with E-state index in [0.29, 0.717) is 28.9 Å². The van der Waals surface area contributed by atoms with Gasteiger partial charge in [-0.1, -0.05) is 28.1 Å². The number of ether oxygens (including phenoxy) is 1. The van der Waals surface area contributed by atoms with E-state index in [0.717, 1.165) is 4.47 Å². The van der Waals surface area contributed by atoms with Crippen LogP contribution in [0, 0.1) is 5.41 Å². The SMILES string of the molecule is CCOc1ccccc1N1CC(O)=C(c2nc3ccc(Br)cc3c(=O)[nH]2)C1=N. The van der Waals surface area contributed by atoms with Crippen LogP contribution in [0.15, 0.2) is 57.5 Å². The number of aliphatic hydroxyl groups excluding tert-OH is 1. The lowest BCUT2D eigenvalue weighted by molar-refractivity contribution is 0.341. The van der Waals surface area contributed by atoms with Gasteiger partial charge in [0.05, 0.1) is 35.3 Å². The van der Waals surface area contributed by atoms with Crippen LogP contribution >= 0.6 is 15.9 Å². The highest BCUT2D eigenvalue weighted by Gasteiger charge is 2.32. The van der Waals surface area contributed by atoms with Crippen molar-refractivity contribution in [1.82, 2.24) is 9.97 Å². The van der Waals surface area contributed by atoms with Gasteiger partial charge in [0.15, 0.2) is 0 Å². The average molecular weight is 441 g/mol. The number of nitrogens with zero attached hydrogens (tertiary/aromatic N) is 2. The number of aromatic nitrogens is 2. The van der Waals surface area contributed by atoms with Gasteiger partial charge < -0.3 is 19.7 Å². The van der Waals surface area contributed by atoms with E-state index in [4.69, 9.17) is 10.1 Å². The first-order valence-corrected chi connectivity index (χ1v) is 9.49. The first-order valence-electron chi connectivity index (χ1n) is 8.70. The molecule has 1 aliphatic rings. The lowest BCUT2D eigenvalue weighted by Crippen LogP contribution is -2.27. The van der Waals surface area contributed by atoms with Crippen molar-refractivity contribution < 1.29 is 9.84 Å². The van der Waals surface area contributed by atoms with Crippen LogP contribution in [0.3, 0.4) is 0 Å². The third-order valence-corrected chi connectivity index (χ3v) is 4.96. The highest BCUT2D eigenvalue weighted by molar-refractivity contribution is 9.10. The zero-order chi connectivity index (χ0) is 19.8. The molecule has 1 aromatic heterocycles. The maximum Gasteiger partial charge on any atom is 0.259 e. The number of hydrogen-bond acceptors (Lipinski definition) is 5. The van der Waals surface area contributed by atoms with Gasteiger partial charge in [-0.2, -0.15) is 0 Å². The van der Waals surface area contributed by atoms with Crippen molar-refractivity contribution in [3.8, 4) is 5.75 Å². The Morgan fingerprint density at radius 3 is 2.89 bits per heavy atom. The van der Waals surface area contributed by atoms with Crippen LogP contribution < -0.4 is 15.2 Å². The minimum absolute atomic E-state index is 0.0316. The number of para-hydroxylation sites is 2. The Bertz CT molecular complexity index is 1190. The number of H-pyrrole nitrogens is 1. The topological polar surface area (TPSA) is 102 Å². The number of fused-ring (bicyclic) bond motifs is 1. The number of halogens is 1. The third kappa shape index (κ3) is 3.05. The Hall–Kier alpha value is -3.13. The van der Waals surface area contributed by atoms with Crippen molar-refractivity contribution in [3.05, 3.63) is 68.9 Å². The summed E-state index contributed by atoms with van der Waals surface area (Å²) in [7, 11) is 0. The van der Waals surface area contributed by atoms with Crippen LogP contribution in [0.2, 0.25) is 0 Å². The average Bonchev–Trinajstić information content (AvgIpc) is 2.97. The molecule has 0 unspecified atom stereocenters. The number of anilines is 1. The maximum absolute atomic E-state index is 12.5. The Morgan fingerprint density at radius 1 is 1.32 bits per heavy atom. The molecule has 3 aromatic rings. The highest BCUT2D eigenvalue weighted by atomic mass is 79.9. The number of rotatable bonds is 4. The predicted molar refractivity (Wildman–Crippen MR) is 112 cm³/mol. The summed E-state index contributed by atoms with van der Waals surface area (Å²) < 4.78 is 6.42. The molecule has 0 aliphatic carbocycles. The van der Waals surface area contributed by atoms with Crippen molar-refractivity contribution in [2.45, 2.75) is 6.92 Å². The second kappa shape index (κ2) is 7.12. The molecule has 0 radical (unpaired) electrons. The molecular weight excluding hydrogens is 424 g/mol. The van der Waals surface area contributed by atoms with E-state index in [9.17, 15) is 9.90 Å². The first-order chi connectivity index (χ1) is 13.5. The van der Waals surface area contributed by atoms with Crippen molar-refractivity contribution >= 4 is 43.9 Å².